The molecule has 1 aliphatic rings. The van der Waals surface area contributed by atoms with E-state index in [0.717, 1.165) is 16.3 Å². The van der Waals surface area contributed by atoms with Crippen molar-refractivity contribution in [1.82, 2.24) is 20.2 Å². The molecule has 2 aromatic carbocycles. The first-order valence-electron chi connectivity index (χ1n) is 7.90. The Labute approximate surface area is 153 Å². The predicted octanol–water partition coefficient (Wildman–Crippen LogP) is 2.35. The molecule has 2 amide bonds. The summed E-state index contributed by atoms with van der Waals surface area (Å²) in [6.07, 6.45) is 1.94. The molecular weight excluding hydrogens is 352 g/mol. The van der Waals surface area contributed by atoms with Crippen LogP contribution in [-0.2, 0) is 4.79 Å². The van der Waals surface area contributed by atoms with Gasteiger partial charge in [0.1, 0.15) is 6.33 Å². The summed E-state index contributed by atoms with van der Waals surface area (Å²) in [5, 5.41) is 16.7. The van der Waals surface area contributed by atoms with Crippen molar-refractivity contribution >= 4 is 35.0 Å². The van der Waals surface area contributed by atoms with Gasteiger partial charge in [0.15, 0.2) is 0 Å². The van der Waals surface area contributed by atoms with E-state index in [1.807, 2.05) is 12.1 Å². The molecule has 0 radical (unpaired) electrons. The third kappa shape index (κ3) is 3.42. The molecule has 130 valence electrons. The molecule has 0 saturated carbocycles. The van der Waals surface area contributed by atoms with Crippen molar-refractivity contribution in [2.75, 3.05) is 16.4 Å². The molecule has 0 fully saturated rings. The number of aromatic nitrogens is 4. The molecular formula is C17H14N6O2S. The fourth-order valence-electron chi connectivity index (χ4n) is 2.57. The van der Waals surface area contributed by atoms with Gasteiger partial charge in [-0.25, -0.2) is 4.68 Å². The maximum absolute atomic E-state index is 12.6. The summed E-state index contributed by atoms with van der Waals surface area (Å²) >= 11 is 1.60. The number of benzene rings is 2. The van der Waals surface area contributed by atoms with Crippen molar-refractivity contribution in [3.8, 4) is 5.69 Å². The van der Waals surface area contributed by atoms with Crippen LogP contribution in [-0.4, -0.2) is 37.8 Å². The Balaban J connectivity index is 1.55. The molecule has 0 saturated heterocycles. The molecule has 3 aromatic rings. The number of hydrogen-bond acceptors (Lipinski definition) is 6. The SMILES string of the molecule is O=C1CCSc2ccc(C(=O)Nc3cccc(-n4cnnn4)c3)cc2N1. The Kier molecular flexibility index (Phi) is 4.36. The molecule has 9 heteroatoms. The molecule has 0 spiro atoms. The van der Waals surface area contributed by atoms with Gasteiger partial charge in [-0.3, -0.25) is 9.59 Å². The Morgan fingerprint density at radius 2 is 2.15 bits per heavy atom. The van der Waals surface area contributed by atoms with Crippen LogP contribution in [0.1, 0.15) is 16.8 Å². The third-order valence-corrected chi connectivity index (χ3v) is 4.90. The van der Waals surface area contributed by atoms with Crippen molar-refractivity contribution in [2.45, 2.75) is 11.3 Å². The number of amides is 2. The highest BCUT2D eigenvalue weighted by molar-refractivity contribution is 7.99. The largest absolute Gasteiger partial charge is 0.325 e. The average molecular weight is 366 g/mol. The summed E-state index contributed by atoms with van der Waals surface area (Å²) in [5.41, 5.74) is 2.50. The molecule has 0 unspecified atom stereocenters. The fourth-order valence-corrected chi connectivity index (χ4v) is 3.51. The monoisotopic (exact) mass is 366 g/mol. The van der Waals surface area contributed by atoms with Crippen LogP contribution in [0, 0.1) is 0 Å². The van der Waals surface area contributed by atoms with Gasteiger partial charge in [0, 0.05) is 28.3 Å². The maximum Gasteiger partial charge on any atom is 0.255 e. The zero-order valence-corrected chi connectivity index (χ0v) is 14.4. The van der Waals surface area contributed by atoms with Crippen molar-refractivity contribution in [3.05, 3.63) is 54.4 Å². The standard InChI is InChI=1S/C17H14N6O2S/c24-16-6-7-26-15-5-4-11(8-14(15)20-16)17(25)19-12-2-1-3-13(9-12)23-10-18-21-22-23/h1-5,8-10H,6-7H2,(H,19,25)(H,20,24). The highest BCUT2D eigenvalue weighted by Crippen LogP contribution is 2.31. The summed E-state index contributed by atoms with van der Waals surface area (Å²) in [6.45, 7) is 0. The Morgan fingerprint density at radius 1 is 1.23 bits per heavy atom. The van der Waals surface area contributed by atoms with E-state index in [1.165, 1.54) is 11.0 Å². The van der Waals surface area contributed by atoms with Crippen LogP contribution >= 0.6 is 11.8 Å². The Bertz CT molecular complexity index is 973. The van der Waals surface area contributed by atoms with Gasteiger partial charge in [0.25, 0.3) is 5.91 Å². The average Bonchev–Trinajstić information content (AvgIpc) is 3.11. The van der Waals surface area contributed by atoms with Gasteiger partial charge in [-0.1, -0.05) is 6.07 Å². The van der Waals surface area contributed by atoms with Crippen LogP contribution in [0.15, 0.2) is 53.7 Å². The lowest BCUT2D eigenvalue weighted by atomic mass is 10.1. The summed E-state index contributed by atoms with van der Waals surface area (Å²) < 4.78 is 1.50. The van der Waals surface area contributed by atoms with Crippen LogP contribution in [0.25, 0.3) is 5.69 Å². The van der Waals surface area contributed by atoms with Crippen molar-refractivity contribution < 1.29 is 9.59 Å². The summed E-state index contributed by atoms with van der Waals surface area (Å²) in [5.74, 6) is 0.432. The molecule has 2 heterocycles. The molecule has 0 atom stereocenters. The molecule has 0 bridgehead atoms. The van der Waals surface area contributed by atoms with Gasteiger partial charge in [0.2, 0.25) is 5.91 Å². The molecule has 8 nitrogen and oxygen atoms in total. The third-order valence-electron chi connectivity index (χ3n) is 3.82. The van der Waals surface area contributed by atoms with Gasteiger partial charge in [-0.15, -0.1) is 16.9 Å². The van der Waals surface area contributed by atoms with Crippen LogP contribution < -0.4 is 10.6 Å². The number of anilines is 2. The van der Waals surface area contributed by atoms with Crippen molar-refractivity contribution in [2.24, 2.45) is 0 Å². The lowest BCUT2D eigenvalue weighted by Crippen LogP contribution is -2.14. The van der Waals surface area contributed by atoms with Crippen molar-refractivity contribution in [1.29, 1.82) is 0 Å². The summed E-state index contributed by atoms with van der Waals surface area (Å²) in [4.78, 5) is 25.3. The highest BCUT2D eigenvalue weighted by Gasteiger charge is 2.16. The molecule has 1 aliphatic heterocycles. The lowest BCUT2D eigenvalue weighted by molar-refractivity contribution is -0.115. The normalized spacial score (nSPS) is 13.5. The minimum Gasteiger partial charge on any atom is -0.325 e. The zero-order chi connectivity index (χ0) is 17.9. The fraction of sp³-hybridized carbons (Fsp3) is 0.118. The Morgan fingerprint density at radius 3 is 3.00 bits per heavy atom. The number of rotatable bonds is 3. The lowest BCUT2D eigenvalue weighted by Gasteiger charge is -2.10. The highest BCUT2D eigenvalue weighted by atomic mass is 32.2. The summed E-state index contributed by atoms with van der Waals surface area (Å²) in [7, 11) is 0. The van der Waals surface area contributed by atoms with Gasteiger partial charge in [-0.05, 0) is 46.8 Å². The molecule has 4 rings (SSSR count). The predicted molar refractivity (Wildman–Crippen MR) is 97.5 cm³/mol. The number of nitrogens with zero attached hydrogens (tertiary/aromatic N) is 4. The molecule has 26 heavy (non-hydrogen) atoms. The van der Waals surface area contributed by atoms with Gasteiger partial charge >= 0.3 is 0 Å². The van der Waals surface area contributed by atoms with E-state index in [2.05, 4.69) is 26.2 Å². The molecule has 1 aromatic heterocycles. The van der Waals surface area contributed by atoms with Gasteiger partial charge in [-0.2, -0.15) is 0 Å². The first-order valence-corrected chi connectivity index (χ1v) is 8.89. The van der Waals surface area contributed by atoms with E-state index < -0.39 is 0 Å². The van der Waals surface area contributed by atoms with E-state index in [0.29, 0.717) is 23.4 Å². The number of carbonyl (C=O) groups excluding carboxylic acids is 2. The minimum absolute atomic E-state index is 0.0389. The van der Waals surface area contributed by atoms with Crippen LogP contribution in [0.3, 0.4) is 0 Å². The van der Waals surface area contributed by atoms with Crippen molar-refractivity contribution in [3.63, 3.8) is 0 Å². The van der Waals surface area contributed by atoms with E-state index >= 15 is 0 Å². The van der Waals surface area contributed by atoms with Crippen LogP contribution in [0.2, 0.25) is 0 Å². The second-order valence-electron chi connectivity index (χ2n) is 5.62. The number of nitrogens with one attached hydrogen (secondary N) is 2. The first kappa shape index (κ1) is 16.3. The molecule has 2 N–H and O–H groups in total. The van der Waals surface area contributed by atoms with E-state index in [9.17, 15) is 9.59 Å². The van der Waals surface area contributed by atoms with E-state index in [4.69, 9.17) is 0 Å². The van der Waals surface area contributed by atoms with Crippen LogP contribution in [0.5, 0.6) is 0 Å². The Hall–Kier alpha value is -3.20. The van der Waals surface area contributed by atoms with Gasteiger partial charge in [0.05, 0.1) is 11.4 Å². The topological polar surface area (TPSA) is 102 Å². The molecule has 0 aliphatic carbocycles. The number of fused-ring (bicyclic) bond motifs is 1. The number of thioether (sulfide) groups is 1. The quantitative estimate of drug-likeness (QED) is 0.738. The van der Waals surface area contributed by atoms with E-state index in [-0.39, 0.29) is 11.8 Å². The maximum atomic E-state index is 12.6. The second kappa shape index (κ2) is 6.96. The number of carbonyl (C=O) groups is 2. The van der Waals surface area contributed by atoms with Gasteiger partial charge < -0.3 is 10.6 Å². The first-order chi connectivity index (χ1) is 12.7. The van der Waals surface area contributed by atoms with E-state index in [1.54, 1.807) is 42.1 Å². The second-order valence-corrected chi connectivity index (χ2v) is 6.75. The minimum atomic E-state index is -0.259. The zero-order valence-electron chi connectivity index (χ0n) is 13.5. The number of hydrogen-bond donors (Lipinski definition) is 2. The number of tetrazole rings is 1. The van der Waals surface area contributed by atoms with Crippen LogP contribution in [0.4, 0.5) is 11.4 Å². The summed E-state index contributed by atoms with van der Waals surface area (Å²) in [6, 6.07) is 12.5. The smallest absolute Gasteiger partial charge is 0.255 e.